The van der Waals surface area contributed by atoms with Crippen molar-refractivity contribution < 1.29 is 17.9 Å². The largest absolute Gasteiger partial charge is 0.456 e. The molecule has 102 valence electrons. The molecular formula is C15H10F3NO. The molecule has 2 aromatic rings. The van der Waals surface area contributed by atoms with Crippen LogP contribution in [0.2, 0.25) is 0 Å². The van der Waals surface area contributed by atoms with Gasteiger partial charge in [0.2, 0.25) is 0 Å². The van der Waals surface area contributed by atoms with Gasteiger partial charge in [-0.05, 0) is 42.8 Å². The molecule has 0 unspecified atom stereocenters. The van der Waals surface area contributed by atoms with Crippen LogP contribution in [0, 0.1) is 18.3 Å². The van der Waals surface area contributed by atoms with Gasteiger partial charge in [0.25, 0.3) is 0 Å². The molecule has 0 bridgehead atoms. The zero-order valence-electron chi connectivity index (χ0n) is 10.5. The van der Waals surface area contributed by atoms with Crippen LogP contribution >= 0.6 is 0 Å². The number of rotatable bonds is 2. The fourth-order valence-corrected chi connectivity index (χ4v) is 1.68. The molecule has 2 aromatic carbocycles. The van der Waals surface area contributed by atoms with E-state index in [-0.39, 0.29) is 17.1 Å². The van der Waals surface area contributed by atoms with Gasteiger partial charge in [0.15, 0.2) is 0 Å². The van der Waals surface area contributed by atoms with Crippen LogP contribution in [0.5, 0.6) is 11.5 Å². The maximum Gasteiger partial charge on any atom is 0.416 e. The number of nitriles is 1. The second-order valence-corrected chi connectivity index (χ2v) is 4.24. The number of halogens is 3. The van der Waals surface area contributed by atoms with Gasteiger partial charge < -0.3 is 4.74 Å². The Bertz CT molecular complexity index is 672. The fourth-order valence-electron chi connectivity index (χ4n) is 1.68. The van der Waals surface area contributed by atoms with Crippen LogP contribution in [-0.2, 0) is 6.18 Å². The molecule has 0 spiro atoms. The Labute approximate surface area is 114 Å². The summed E-state index contributed by atoms with van der Waals surface area (Å²) in [4.78, 5) is 0. The molecule has 0 radical (unpaired) electrons. The maximum atomic E-state index is 12.6. The van der Waals surface area contributed by atoms with Gasteiger partial charge in [-0.15, -0.1) is 0 Å². The van der Waals surface area contributed by atoms with Gasteiger partial charge in [0, 0.05) is 0 Å². The number of hydrogen-bond donors (Lipinski definition) is 0. The Hall–Kier alpha value is -2.48. The van der Waals surface area contributed by atoms with Gasteiger partial charge in [-0.25, -0.2) is 0 Å². The first-order chi connectivity index (χ1) is 9.40. The Balaban J connectivity index is 2.34. The van der Waals surface area contributed by atoms with Crippen LogP contribution < -0.4 is 4.74 Å². The predicted octanol–water partition coefficient (Wildman–Crippen LogP) is 4.68. The average molecular weight is 277 g/mol. The quantitative estimate of drug-likeness (QED) is 0.798. The molecule has 2 nitrogen and oxygen atoms in total. The summed E-state index contributed by atoms with van der Waals surface area (Å²) in [7, 11) is 0. The zero-order chi connectivity index (χ0) is 14.8. The van der Waals surface area contributed by atoms with Crippen molar-refractivity contribution in [2.24, 2.45) is 0 Å². The van der Waals surface area contributed by atoms with Gasteiger partial charge in [-0.3, -0.25) is 0 Å². The van der Waals surface area contributed by atoms with E-state index in [0.717, 1.165) is 17.7 Å². The highest BCUT2D eigenvalue weighted by Crippen LogP contribution is 2.33. The van der Waals surface area contributed by atoms with Gasteiger partial charge in [0.1, 0.15) is 17.6 Å². The second-order valence-electron chi connectivity index (χ2n) is 4.24. The Kier molecular flexibility index (Phi) is 3.66. The lowest BCUT2D eigenvalue weighted by molar-refractivity contribution is -0.137. The predicted molar refractivity (Wildman–Crippen MR) is 67.4 cm³/mol. The van der Waals surface area contributed by atoms with Crippen LogP contribution in [0.25, 0.3) is 0 Å². The molecule has 0 saturated carbocycles. The van der Waals surface area contributed by atoms with Crippen molar-refractivity contribution >= 4 is 0 Å². The van der Waals surface area contributed by atoms with Gasteiger partial charge in [-0.1, -0.05) is 12.1 Å². The lowest BCUT2D eigenvalue weighted by Gasteiger charge is -2.11. The molecule has 0 aliphatic rings. The molecule has 0 aliphatic carbocycles. The van der Waals surface area contributed by atoms with Crippen molar-refractivity contribution in [2.45, 2.75) is 13.1 Å². The molecule has 0 aliphatic heterocycles. The number of nitrogens with zero attached hydrogens (tertiary/aromatic N) is 1. The highest BCUT2D eigenvalue weighted by molar-refractivity contribution is 5.47. The second kappa shape index (κ2) is 5.25. The smallest absolute Gasteiger partial charge is 0.416 e. The maximum absolute atomic E-state index is 12.6. The third kappa shape index (κ3) is 3.09. The van der Waals surface area contributed by atoms with Crippen molar-refractivity contribution in [3.63, 3.8) is 0 Å². The van der Waals surface area contributed by atoms with Crippen LogP contribution in [0.4, 0.5) is 13.2 Å². The highest BCUT2D eigenvalue weighted by Gasteiger charge is 2.30. The minimum atomic E-state index is -4.43. The molecule has 20 heavy (non-hydrogen) atoms. The minimum absolute atomic E-state index is 0.0418. The lowest BCUT2D eigenvalue weighted by atomic mass is 10.1. The minimum Gasteiger partial charge on any atom is -0.456 e. The first-order valence-corrected chi connectivity index (χ1v) is 5.76. The van der Waals surface area contributed by atoms with E-state index in [0.29, 0.717) is 0 Å². The Morgan fingerprint density at radius 2 is 1.85 bits per heavy atom. The Morgan fingerprint density at radius 1 is 1.10 bits per heavy atom. The zero-order valence-corrected chi connectivity index (χ0v) is 10.5. The summed E-state index contributed by atoms with van der Waals surface area (Å²) in [5.74, 6) is 0.276. The van der Waals surface area contributed by atoms with Crippen LogP contribution in [0.3, 0.4) is 0 Å². The number of aryl methyl sites for hydroxylation is 1. The van der Waals surface area contributed by atoms with E-state index in [1.54, 1.807) is 18.2 Å². The van der Waals surface area contributed by atoms with E-state index in [4.69, 9.17) is 10.00 Å². The van der Waals surface area contributed by atoms with E-state index in [2.05, 4.69) is 0 Å². The van der Waals surface area contributed by atoms with Crippen molar-refractivity contribution in [2.75, 3.05) is 0 Å². The summed E-state index contributed by atoms with van der Waals surface area (Å²) in [6, 6.07) is 11.4. The van der Waals surface area contributed by atoms with E-state index >= 15 is 0 Å². The van der Waals surface area contributed by atoms with Gasteiger partial charge in [0.05, 0.1) is 11.1 Å². The lowest BCUT2D eigenvalue weighted by Crippen LogP contribution is -2.04. The molecule has 5 heteroatoms. The van der Waals surface area contributed by atoms with E-state index in [9.17, 15) is 13.2 Å². The number of hydrogen-bond acceptors (Lipinski definition) is 2. The summed E-state index contributed by atoms with van der Waals surface area (Å²) >= 11 is 0. The molecule has 0 amide bonds. The molecule has 2 rings (SSSR count). The molecule has 0 fully saturated rings. The van der Waals surface area contributed by atoms with Crippen molar-refractivity contribution in [1.29, 1.82) is 5.26 Å². The molecule has 0 N–H and O–H groups in total. The van der Waals surface area contributed by atoms with E-state index in [1.165, 1.54) is 12.1 Å². The first-order valence-electron chi connectivity index (χ1n) is 5.76. The normalized spacial score (nSPS) is 10.9. The van der Waals surface area contributed by atoms with Crippen molar-refractivity contribution in [3.8, 4) is 17.6 Å². The standard InChI is InChI=1S/C15H10F3NO/c1-10-5-6-14(11(7-10)9-19)20-13-4-2-3-12(8-13)15(16,17)18/h2-8H,1H3. The van der Waals surface area contributed by atoms with Crippen molar-refractivity contribution in [3.05, 3.63) is 59.2 Å². The first kappa shape index (κ1) is 13.9. The topological polar surface area (TPSA) is 33.0 Å². The number of ether oxygens (including phenoxy) is 1. The summed E-state index contributed by atoms with van der Waals surface area (Å²) < 4.78 is 43.2. The number of benzene rings is 2. The van der Waals surface area contributed by atoms with Gasteiger partial charge in [-0.2, -0.15) is 18.4 Å². The summed E-state index contributed by atoms with van der Waals surface area (Å²) in [5, 5.41) is 8.99. The van der Waals surface area contributed by atoms with E-state index < -0.39 is 11.7 Å². The fraction of sp³-hybridized carbons (Fsp3) is 0.133. The average Bonchev–Trinajstić information content (AvgIpc) is 2.40. The van der Waals surface area contributed by atoms with Crippen LogP contribution in [-0.4, -0.2) is 0 Å². The molecule has 0 atom stereocenters. The SMILES string of the molecule is Cc1ccc(Oc2cccc(C(F)(F)F)c2)c(C#N)c1. The number of alkyl halides is 3. The monoisotopic (exact) mass is 277 g/mol. The third-order valence-electron chi connectivity index (χ3n) is 2.64. The summed E-state index contributed by atoms with van der Waals surface area (Å²) in [5.41, 5.74) is 0.362. The Morgan fingerprint density at radius 3 is 2.50 bits per heavy atom. The van der Waals surface area contributed by atoms with Crippen LogP contribution in [0.1, 0.15) is 16.7 Å². The highest BCUT2D eigenvalue weighted by atomic mass is 19.4. The molecule has 0 saturated heterocycles. The molecule has 0 aromatic heterocycles. The van der Waals surface area contributed by atoms with E-state index in [1.807, 2.05) is 13.0 Å². The van der Waals surface area contributed by atoms with Crippen LogP contribution in [0.15, 0.2) is 42.5 Å². The molecule has 0 heterocycles. The molecular weight excluding hydrogens is 267 g/mol. The summed E-state index contributed by atoms with van der Waals surface area (Å²) in [6.07, 6.45) is -4.43. The summed E-state index contributed by atoms with van der Waals surface area (Å²) in [6.45, 7) is 1.81. The van der Waals surface area contributed by atoms with Crippen molar-refractivity contribution in [1.82, 2.24) is 0 Å². The third-order valence-corrected chi connectivity index (χ3v) is 2.64. The van der Waals surface area contributed by atoms with Gasteiger partial charge >= 0.3 is 6.18 Å².